The molecular formula is C28H19F5N4O7. The van der Waals surface area contributed by atoms with E-state index in [1.807, 2.05) is 0 Å². The molecule has 4 heterocycles. The fraction of sp³-hybridized carbons (Fsp3) is 0.214. The fourth-order valence-electron chi connectivity index (χ4n) is 4.75. The average molecular weight is 618 g/mol. The van der Waals surface area contributed by atoms with Crippen LogP contribution in [0.25, 0.3) is 5.69 Å². The fourth-order valence-corrected chi connectivity index (χ4v) is 4.75. The Bertz CT molecular complexity index is 1780. The van der Waals surface area contributed by atoms with Gasteiger partial charge in [0.1, 0.15) is 0 Å². The van der Waals surface area contributed by atoms with E-state index >= 15 is 0 Å². The van der Waals surface area contributed by atoms with E-state index in [9.17, 15) is 31.5 Å². The zero-order chi connectivity index (χ0) is 31.4. The minimum Gasteiger partial charge on any atom is -0.478 e. The maximum atomic E-state index is 14.1. The number of nitrogens with zero attached hydrogens (tertiary/aromatic N) is 4. The maximum Gasteiger partial charge on any atom is 0.586 e. The number of carboxylic acid groups (broad SMARTS) is 1. The van der Waals surface area contributed by atoms with Crippen molar-refractivity contribution in [3.8, 4) is 23.1 Å². The van der Waals surface area contributed by atoms with Crippen molar-refractivity contribution in [2.45, 2.75) is 25.2 Å². The van der Waals surface area contributed by atoms with Crippen LogP contribution in [0.5, 0.6) is 17.4 Å². The maximum absolute atomic E-state index is 14.1. The second kappa shape index (κ2) is 10.5. The molecule has 0 saturated carbocycles. The van der Waals surface area contributed by atoms with Crippen LogP contribution < -0.4 is 19.1 Å². The van der Waals surface area contributed by atoms with Crippen LogP contribution in [0, 0.1) is 0 Å². The number of amides is 1. The standard InChI is InChI=1S/C28H19F5N4O7/c1-36(16-6-7-19-20(10-16)44-28(32,33)43-19)25(38)14-3-2-4-17(9-14)37-23-18(24(35-37)27(29,30)31)12-41-13-21(23)42-22-8-5-15(11-34-22)26(39)40/h2-11,21H,12-13H2,1H3,(H,39,40)/t21-/m1/s1. The summed E-state index contributed by atoms with van der Waals surface area (Å²) in [6.07, 6.45) is -8.80. The Balaban J connectivity index is 1.34. The van der Waals surface area contributed by atoms with Crippen LogP contribution in [0.2, 0.25) is 0 Å². The lowest BCUT2D eigenvalue weighted by atomic mass is 10.1. The van der Waals surface area contributed by atoms with Crippen molar-refractivity contribution < 1.29 is 55.6 Å². The SMILES string of the molecule is CN(C(=O)c1cccc(-n2nc(C(F)(F)F)c3c2[C@H](Oc2ccc(C(=O)O)cn2)COC3)c1)c1ccc2c(c1)OC(F)(F)O2. The first-order chi connectivity index (χ1) is 20.8. The van der Waals surface area contributed by atoms with E-state index in [0.717, 1.165) is 15.8 Å². The number of hydrogen-bond donors (Lipinski definition) is 1. The number of carbonyl (C=O) groups excluding carboxylic acids is 1. The Hall–Kier alpha value is -5.25. The molecule has 44 heavy (non-hydrogen) atoms. The van der Waals surface area contributed by atoms with Gasteiger partial charge >= 0.3 is 18.4 Å². The van der Waals surface area contributed by atoms with E-state index in [0.29, 0.717) is 0 Å². The first kappa shape index (κ1) is 28.9. The van der Waals surface area contributed by atoms with Crippen LogP contribution in [0.3, 0.4) is 0 Å². The Morgan fingerprint density at radius 1 is 1.07 bits per heavy atom. The number of aromatic carboxylic acids is 1. The third kappa shape index (κ3) is 5.34. The summed E-state index contributed by atoms with van der Waals surface area (Å²) in [4.78, 5) is 29.6. The van der Waals surface area contributed by atoms with Gasteiger partial charge in [0.15, 0.2) is 23.3 Å². The molecule has 2 aromatic heterocycles. The molecule has 0 saturated heterocycles. The molecule has 1 amide bonds. The highest BCUT2D eigenvalue weighted by Gasteiger charge is 2.44. The third-order valence-corrected chi connectivity index (χ3v) is 6.77. The summed E-state index contributed by atoms with van der Waals surface area (Å²) in [6.45, 7) is -0.594. The van der Waals surface area contributed by atoms with Gasteiger partial charge in [0.2, 0.25) is 5.88 Å². The van der Waals surface area contributed by atoms with Gasteiger partial charge in [0, 0.05) is 42.2 Å². The van der Waals surface area contributed by atoms with Crippen LogP contribution in [-0.4, -0.2) is 51.7 Å². The molecule has 2 aliphatic heterocycles. The van der Waals surface area contributed by atoms with Crippen LogP contribution in [-0.2, 0) is 17.5 Å². The molecule has 0 aliphatic carbocycles. The number of hydrogen-bond acceptors (Lipinski definition) is 8. The molecule has 0 fully saturated rings. The summed E-state index contributed by atoms with van der Waals surface area (Å²) in [7, 11) is 1.38. The van der Waals surface area contributed by atoms with Crippen molar-refractivity contribution in [2.75, 3.05) is 18.6 Å². The second-order valence-electron chi connectivity index (χ2n) is 9.65. The summed E-state index contributed by atoms with van der Waals surface area (Å²) in [5, 5.41) is 12.9. The van der Waals surface area contributed by atoms with E-state index in [1.165, 1.54) is 61.6 Å². The van der Waals surface area contributed by atoms with Crippen molar-refractivity contribution in [1.29, 1.82) is 0 Å². The second-order valence-corrected chi connectivity index (χ2v) is 9.65. The Morgan fingerprint density at radius 3 is 2.55 bits per heavy atom. The van der Waals surface area contributed by atoms with Gasteiger partial charge < -0.3 is 29.0 Å². The molecule has 16 heteroatoms. The number of carbonyl (C=O) groups is 2. The Labute approximate surface area is 243 Å². The monoisotopic (exact) mass is 618 g/mol. The van der Waals surface area contributed by atoms with E-state index in [2.05, 4.69) is 19.6 Å². The van der Waals surface area contributed by atoms with Crippen molar-refractivity contribution in [3.05, 3.63) is 88.9 Å². The number of ether oxygens (including phenoxy) is 4. The predicted octanol–water partition coefficient (Wildman–Crippen LogP) is 5.23. The highest BCUT2D eigenvalue weighted by molar-refractivity contribution is 6.06. The first-order valence-electron chi connectivity index (χ1n) is 12.7. The van der Waals surface area contributed by atoms with Gasteiger partial charge in [-0.15, -0.1) is 8.78 Å². The number of carboxylic acids is 1. The zero-order valence-corrected chi connectivity index (χ0v) is 22.3. The zero-order valence-electron chi connectivity index (χ0n) is 22.3. The highest BCUT2D eigenvalue weighted by atomic mass is 19.4. The van der Waals surface area contributed by atoms with Crippen molar-refractivity contribution >= 4 is 17.6 Å². The molecule has 0 unspecified atom stereocenters. The minimum atomic E-state index is -4.86. The van der Waals surface area contributed by atoms with E-state index in [-0.39, 0.29) is 57.7 Å². The topological polar surface area (TPSA) is 125 Å². The van der Waals surface area contributed by atoms with Crippen LogP contribution in [0.15, 0.2) is 60.8 Å². The lowest BCUT2D eigenvalue weighted by Gasteiger charge is -2.25. The van der Waals surface area contributed by atoms with Gasteiger partial charge in [0.25, 0.3) is 5.91 Å². The largest absolute Gasteiger partial charge is 0.586 e. The normalized spacial score (nSPS) is 16.7. The predicted molar refractivity (Wildman–Crippen MR) is 138 cm³/mol. The van der Waals surface area contributed by atoms with Gasteiger partial charge in [-0.1, -0.05) is 6.07 Å². The van der Waals surface area contributed by atoms with Crippen molar-refractivity contribution in [1.82, 2.24) is 14.8 Å². The summed E-state index contributed by atoms with van der Waals surface area (Å²) < 4.78 is 90.1. The highest BCUT2D eigenvalue weighted by Crippen LogP contribution is 2.43. The minimum absolute atomic E-state index is 0.00217. The first-order valence-corrected chi connectivity index (χ1v) is 12.7. The number of aromatic nitrogens is 3. The molecule has 1 N–H and O–H groups in total. The molecule has 0 bridgehead atoms. The lowest BCUT2D eigenvalue weighted by Crippen LogP contribution is -2.27. The Morgan fingerprint density at radius 2 is 1.84 bits per heavy atom. The number of halogens is 5. The third-order valence-electron chi connectivity index (χ3n) is 6.77. The molecule has 11 nitrogen and oxygen atoms in total. The number of alkyl halides is 5. The van der Waals surface area contributed by atoms with Gasteiger partial charge in [-0.3, -0.25) is 4.79 Å². The molecule has 0 spiro atoms. The average Bonchev–Trinajstić information content (AvgIpc) is 3.53. The molecule has 1 atom stereocenters. The molecule has 0 radical (unpaired) electrons. The summed E-state index contributed by atoms with van der Waals surface area (Å²) in [6, 6.07) is 11.9. The molecule has 6 rings (SSSR count). The number of pyridine rings is 1. The van der Waals surface area contributed by atoms with Gasteiger partial charge in [-0.05, 0) is 36.4 Å². The molecule has 2 aromatic carbocycles. The molecule has 2 aliphatic rings. The summed E-state index contributed by atoms with van der Waals surface area (Å²) in [5.74, 6) is -2.39. The number of benzene rings is 2. The van der Waals surface area contributed by atoms with Gasteiger partial charge in [-0.2, -0.15) is 18.3 Å². The lowest BCUT2D eigenvalue weighted by molar-refractivity contribution is -0.286. The van der Waals surface area contributed by atoms with Crippen LogP contribution in [0.1, 0.15) is 43.8 Å². The quantitative estimate of drug-likeness (QED) is 0.289. The smallest absolute Gasteiger partial charge is 0.478 e. The number of fused-ring (bicyclic) bond motifs is 2. The van der Waals surface area contributed by atoms with Crippen molar-refractivity contribution in [3.63, 3.8) is 0 Å². The van der Waals surface area contributed by atoms with E-state index in [4.69, 9.17) is 14.6 Å². The van der Waals surface area contributed by atoms with Crippen LogP contribution >= 0.6 is 0 Å². The van der Waals surface area contributed by atoms with Gasteiger partial charge in [-0.25, -0.2) is 14.5 Å². The molecule has 4 aromatic rings. The molecular weight excluding hydrogens is 599 g/mol. The summed E-state index contributed by atoms with van der Waals surface area (Å²) in [5.41, 5.74) is -1.28. The summed E-state index contributed by atoms with van der Waals surface area (Å²) >= 11 is 0. The Kier molecular flexibility index (Phi) is 6.87. The van der Waals surface area contributed by atoms with E-state index < -0.39 is 42.8 Å². The van der Waals surface area contributed by atoms with Crippen molar-refractivity contribution in [2.24, 2.45) is 0 Å². The van der Waals surface area contributed by atoms with Crippen LogP contribution in [0.4, 0.5) is 27.6 Å². The van der Waals surface area contributed by atoms with E-state index in [1.54, 1.807) is 0 Å². The van der Waals surface area contributed by atoms with Gasteiger partial charge in [0.05, 0.1) is 30.2 Å². The number of rotatable bonds is 6. The number of anilines is 1. The molecule has 228 valence electrons.